The summed E-state index contributed by atoms with van der Waals surface area (Å²) in [4.78, 5) is 28.2. The average Bonchev–Trinajstić information content (AvgIpc) is 3.52. The van der Waals surface area contributed by atoms with Crippen LogP contribution in [-0.2, 0) is 0 Å². The van der Waals surface area contributed by atoms with Gasteiger partial charge < -0.3 is 25.8 Å². The summed E-state index contributed by atoms with van der Waals surface area (Å²) in [5.74, 6) is 2.00. The Labute approximate surface area is 243 Å². The van der Waals surface area contributed by atoms with Crippen LogP contribution in [0.4, 0.5) is 5.82 Å². The lowest BCUT2D eigenvalue weighted by molar-refractivity contribution is 0.0284. The third-order valence-corrected chi connectivity index (χ3v) is 7.74. The second-order valence-corrected chi connectivity index (χ2v) is 11.6. The second kappa shape index (κ2) is 11.7. The molecule has 1 unspecified atom stereocenters. The van der Waals surface area contributed by atoms with Gasteiger partial charge in [-0.2, -0.15) is 5.26 Å². The summed E-state index contributed by atoms with van der Waals surface area (Å²) in [5, 5.41) is 23.1. The summed E-state index contributed by atoms with van der Waals surface area (Å²) in [6, 6.07) is 11.2. The number of hydrogen-bond donors (Lipinski definition) is 3. The van der Waals surface area contributed by atoms with E-state index >= 15 is 0 Å². The van der Waals surface area contributed by atoms with Gasteiger partial charge >= 0.3 is 0 Å². The zero-order chi connectivity index (χ0) is 29.1. The Morgan fingerprint density at radius 2 is 1.98 bits per heavy atom. The Balaban J connectivity index is 1.27. The van der Waals surface area contributed by atoms with Crippen molar-refractivity contribution in [2.45, 2.75) is 38.3 Å². The summed E-state index contributed by atoms with van der Waals surface area (Å²) in [6.45, 7) is 5.11. The lowest BCUT2D eigenvalue weighted by Gasteiger charge is -2.21. The van der Waals surface area contributed by atoms with Crippen LogP contribution in [-0.4, -0.2) is 57.3 Å². The molecule has 3 atom stereocenters. The van der Waals surface area contributed by atoms with E-state index in [9.17, 15) is 15.2 Å². The lowest BCUT2D eigenvalue weighted by atomic mass is 10.0. The monoisotopic (exact) mass is 573 g/mol. The number of aliphatic hydroxyl groups is 1. The fourth-order valence-electron chi connectivity index (χ4n) is 5.53. The number of anilines is 1. The number of aromatic nitrogens is 3. The van der Waals surface area contributed by atoms with E-state index in [1.54, 1.807) is 44.4 Å². The van der Waals surface area contributed by atoms with Crippen LogP contribution in [0.1, 0.15) is 42.9 Å². The van der Waals surface area contributed by atoms with Crippen LogP contribution in [0.3, 0.4) is 0 Å². The first-order valence-electron chi connectivity index (χ1n) is 13.5. The number of carbonyl (C=O) groups is 1. The van der Waals surface area contributed by atoms with Crippen LogP contribution in [0.15, 0.2) is 55.1 Å². The van der Waals surface area contributed by atoms with Gasteiger partial charge in [0, 0.05) is 48.9 Å². The minimum atomic E-state index is -1.01. The van der Waals surface area contributed by atoms with Crippen molar-refractivity contribution in [2.75, 3.05) is 24.6 Å². The number of hydrogen-bond acceptors (Lipinski definition) is 9. The molecule has 11 heteroatoms. The molecule has 2 fully saturated rings. The van der Waals surface area contributed by atoms with E-state index in [0.717, 1.165) is 37.3 Å². The highest BCUT2D eigenvalue weighted by Crippen LogP contribution is 2.40. The molecule has 5 rings (SSSR count). The zero-order valence-electron chi connectivity index (χ0n) is 22.9. The molecule has 41 heavy (non-hydrogen) atoms. The van der Waals surface area contributed by atoms with Crippen LogP contribution in [0.2, 0.25) is 5.02 Å². The van der Waals surface area contributed by atoms with Crippen LogP contribution in [0.25, 0.3) is 16.7 Å². The number of fused-ring (bicyclic) bond motifs is 1. The molecule has 1 amide bonds. The van der Waals surface area contributed by atoms with E-state index in [1.165, 1.54) is 12.4 Å². The van der Waals surface area contributed by atoms with Gasteiger partial charge in [-0.25, -0.2) is 9.97 Å². The predicted octanol–water partition coefficient (Wildman–Crippen LogP) is 3.81. The fourth-order valence-corrected chi connectivity index (χ4v) is 5.74. The molecule has 1 aliphatic heterocycles. The highest BCUT2D eigenvalue weighted by atomic mass is 35.5. The van der Waals surface area contributed by atoms with Gasteiger partial charge in [0.15, 0.2) is 0 Å². The van der Waals surface area contributed by atoms with E-state index in [0.29, 0.717) is 33.9 Å². The molecule has 3 aromatic heterocycles. The van der Waals surface area contributed by atoms with Crippen LogP contribution >= 0.6 is 11.6 Å². The topological polar surface area (TPSA) is 150 Å². The molecule has 2 aliphatic rings. The molecule has 0 aromatic carbocycles. The van der Waals surface area contributed by atoms with Crippen molar-refractivity contribution < 1.29 is 14.6 Å². The molecule has 4 N–H and O–H groups in total. The zero-order valence-corrected chi connectivity index (χ0v) is 23.7. The molecular weight excluding hydrogens is 542 g/mol. The van der Waals surface area contributed by atoms with Crippen molar-refractivity contribution in [1.29, 1.82) is 5.26 Å². The number of carbonyl (C=O) groups excluding carboxylic acids is 1. The van der Waals surface area contributed by atoms with Gasteiger partial charge in [-0.3, -0.25) is 9.78 Å². The molecule has 4 heterocycles. The first kappa shape index (κ1) is 28.3. The van der Waals surface area contributed by atoms with E-state index < -0.39 is 5.60 Å². The Hall–Kier alpha value is -4.20. The van der Waals surface area contributed by atoms with Gasteiger partial charge in [-0.1, -0.05) is 11.6 Å². The number of rotatable bonds is 8. The molecule has 0 bridgehead atoms. The number of pyridine rings is 3. The Kier molecular flexibility index (Phi) is 8.10. The standard InChI is InChI=1S/C30H32ClN7O3/c1-30(2,40)17-41-23-10-24(27(36-14-23)21(11-32)12-33)18-5-6-26(35-13-18)38-15-19-8-22(9-20(19)16-38)37-29(39)28-25(31)4-3-7-34-28/h3-7,10-11,13-14,19-20,22,40H,8-9,15-17,32H2,1-2H3,(H,37,39)/t19-,20+,22?. The quantitative estimate of drug-likeness (QED) is 0.342. The fraction of sp³-hybridized carbons (Fsp3) is 0.367. The Morgan fingerprint density at radius 3 is 2.59 bits per heavy atom. The molecule has 1 aliphatic carbocycles. The SMILES string of the molecule is CC(C)(O)COc1cnc(C(C#N)=CN)c(-c2ccc(N3C[C@H]4CC(NC(=O)c5ncccc5Cl)C[C@H]4C3)nc2)c1. The summed E-state index contributed by atoms with van der Waals surface area (Å²) >= 11 is 6.14. The van der Waals surface area contributed by atoms with Gasteiger partial charge in [0.2, 0.25) is 0 Å². The van der Waals surface area contributed by atoms with Crippen molar-refractivity contribution in [1.82, 2.24) is 20.3 Å². The number of ether oxygens (including phenoxy) is 1. The highest BCUT2D eigenvalue weighted by molar-refractivity contribution is 6.33. The van der Waals surface area contributed by atoms with Crippen molar-refractivity contribution in [3.63, 3.8) is 0 Å². The van der Waals surface area contributed by atoms with Crippen LogP contribution in [0, 0.1) is 23.2 Å². The van der Waals surface area contributed by atoms with Crippen LogP contribution in [0.5, 0.6) is 5.75 Å². The maximum atomic E-state index is 12.7. The number of halogens is 1. The summed E-state index contributed by atoms with van der Waals surface area (Å²) in [7, 11) is 0. The van der Waals surface area contributed by atoms with Crippen molar-refractivity contribution >= 4 is 28.9 Å². The first-order chi connectivity index (χ1) is 19.6. The Morgan fingerprint density at radius 1 is 1.22 bits per heavy atom. The van der Waals surface area contributed by atoms with Gasteiger partial charge in [0.05, 0.1) is 28.1 Å². The molecule has 1 saturated heterocycles. The van der Waals surface area contributed by atoms with E-state index in [2.05, 4.69) is 26.3 Å². The summed E-state index contributed by atoms with van der Waals surface area (Å²) in [5.41, 5.74) is 7.02. The maximum Gasteiger partial charge on any atom is 0.271 e. The second-order valence-electron chi connectivity index (χ2n) is 11.2. The molecule has 10 nitrogen and oxygen atoms in total. The number of nitrogens with one attached hydrogen (secondary N) is 1. The number of nitriles is 1. The molecule has 0 spiro atoms. The normalized spacial score (nSPS) is 20.4. The third kappa shape index (κ3) is 6.42. The van der Waals surface area contributed by atoms with Crippen LogP contribution < -0.4 is 20.7 Å². The number of nitrogens with zero attached hydrogens (tertiary/aromatic N) is 5. The largest absolute Gasteiger partial charge is 0.489 e. The highest BCUT2D eigenvalue weighted by Gasteiger charge is 2.42. The maximum absolute atomic E-state index is 12.7. The van der Waals surface area contributed by atoms with Gasteiger partial charge in [-0.05, 0) is 68.9 Å². The number of nitrogens with two attached hydrogens (primary N) is 1. The average molecular weight is 574 g/mol. The van der Waals surface area contributed by atoms with Gasteiger partial charge in [0.1, 0.15) is 29.9 Å². The van der Waals surface area contributed by atoms with Gasteiger partial charge in [-0.15, -0.1) is 0 Å². The molecule has 1 saturated carbocycles. The summed E-state index contributed by atoms with van der Waals surface area (Å²) in [6.07, 6.45) is 7.85. The molecule has 0 radical (unpaired) electrons. The first-order valence-corrected chi connectivity index (χ1v) is 13.8. The summed E-state index contributed by atoms with van der Waals surface area (Å²) < 4.78 is 5.73. The Bertz CT molecular complexity index is 1480. The van der Waals surface area contributed by atoms with Crippen molar-refractivity contribution in [2.24, 2.45) is 17.6 Å². The minimum Gasteiger partial charge on any atom is -0.489 e. The number of amides is 1. The van der Waals surface area contributed by atoms with Crippen molar-refractivity contribution in [3.8, 4) is 22.9 Å². The molecule has 212 valence electrons. The van der Waals surface area contributed by atoms with E-state index in [4.69, 9.17) is 27.1 Å². The van der Waals surface area contributed by atoms with Crippen molar-refractivity contribution in [3.05, 3.63) is 71.5 Å². The van der Waals surface area contributed by atoms with Gasteiger partial charge in [0.25, 0.3) is 5.91 Å². The molecule has 3 aromatic rings. The minimum absolute atomic E-state index is 0.0845. The number of allylic oxidation sites excluding steroid dienone is 1. The third-order valence-electron chi connectivity index (χ3n) is 7.44. The lowest BCUT2D eigenvalue weighted by Crippen LogP contribution is -2.35. The van der Waals surface area contributed by atoms with E-state index in [1.807, 2.05) is 12.1 Å². The smallest absolute Gasteiger partial charge is 0.271 e. The predicted molar refractivity (Wildman–Crippen MR) is 156 cm³/mol. The van der Waals surface area contributed by atoms with E-state index in [-0.39, 0.29) is 29.8 Å². The molecular formula is C30H32ClN7O3.